The van der Waals surface area contributed by atoms with Gasteiger partial charge in [-0.25, -0.2) is 0 Å². The first-order valence-corrected chi connectivity index (χ1v) is 10.8. The van der Waals surface area contributed by atoms with Crippen LogP contribution in [0.2, 0.25) is 0 Å². The molecule has 4 aliphatic rings. The Kier molecular flexibility index (Phi) is 4.51. The van der Waals surface area contributed by atoms with Gasteiger partial charge in [0.2, 0.25) is 0 Å². The first kappa shape index (κ1) is 18.2. The van der Waals surface area contributed by atoms with Gasteiger partial charge >= 0.3 is 0 Å². The highest BCUT2D eigenvalue weighted by Gasteiger charge is 2.58. The van der Waals surface area contributed by atoms with Gasteiger partial charge in [0.25, 0.3) is 0 Å². The van der Waals surface area contributed by atoms with Crippen LogP contribution >= 0.6 is 0 Å². The van der Waals surface area contributed by atoms with Crippen molar-refractivity contribution < 1.29 is 4.74 Å². The van der Waals surface area contributed by atoms with Crippen molar-refractivity contribution in [3.8, 4) is 0 Å². The SMILES string of the molecule is CC=C=C(C)C1CCC2C3CC=C4C=C(OC)CCC4(C)C3CCC12C. The number of ether oxygens (including phenoxy) is 1. The molecular weight excluding hydrogens is 316 g/mol. The highest BCUT2D eigenvalue weighted by Crippen LogP contribution is 2.66. The zero-order valence-electron chi connectivity index (χ0n) is 17.4. The molecule has 0 aromatic carbocycles. The van der Waals surface area contributed by atoms with Gasteiger partial charge in [-0.1, -0.05) is 19.9 Å². The van der Waals surface area contributed by atoms with Crippen molar-refractivity contribution in [2.45, 2.75) is 72.6 Å². The molecule has 1 nitrogen and oxygen atoms in total. The van der Waals surface area contributed by atoms with E-state index in [-0.39, 0.29) is 0 Å². The van der Waals surface area contributed by atoms with Crippen LogP contribution in [0.15, 0.2) is 40.9 Å². The van der Waals surface area contributed by atoms with E-state index in [1.54, 1.807) is 5.57 Å². The van der Waals surface area contributed by atoms with Crippen LogP contribution in [0.4, 0.5) is 0 Å². The number of hydrogen-bond acceptors (Lipinski definition) is 1. The molecule has 1 heteroatoms. The second-order valence-electron chi connectivity index (χ2n) is 9.79. The van der Waals surface area contributed by atoms with Crippen molar-refractivity contribution in [2.75, 3.05) is 7.11 Å². The molecule has 0 aromatic heterocycles. The van der Waals surface area contributed by atoms with Gasteiger partial charge in [-0.05, 0) is 110 Å². The summed E-state index contributed by atoms with van der Waals surface area (Å²) in [5.41, 5.74) is 7.48. The second kappa shape index (κ2) is 6.45. The van der Waals surface area contributed by atoms with Crippen molar-refractivity contribution >= 4 is 0 Å². The maximum Gasteiger partial charge on any atom is 0.0958 e. The minimum Gasteiger partial charge on any atom is -0.501 e. The predicted octanol–water partition coefficient (Wildman–Crippen LogP) is 6.83. The molecule has 6 atom stereocenters. The van der Waals surface area contributed by atoms with Crippen molar-refractivity contribution in [2.24, 2.45) is 34.5 Å². The maximum absolute atomic E-state index is 5.58. The molecule has 0 radical (unpaired) electrons. The van der Waals surface area contributed by atoms with Gasteiger partial charge in [0.05, 0.1) is 12.9 Å². The molecule has 6 unspecified atom stereocenters. The molecule has 0 saturated heterocycles. The van der Waals surface area contributed by atoms with Crippen LogP contribution in [0.1, 0.15) is 72.6 Å². The Morgan fingerprint density at radius 3 is 2.73 bits per heavy atom. The average Bonchev–Trinajstić information content (AvgIpc) is 2.98. The summed E-state index contributed by atoms with van der Waals surface area (Å²) in [6, 6.07) is 0. The quantitative estimate of drug-likeness (QED) is 0.495. The lowest BCUT2D eigenvalue weighted by molar-refractivity contribution is -0.0318. The highest BCUT2D eigenvalue weighted by molar-refractivity contribution is 5.36. The van der Waals surface area contributed by atoms with Crippen LogP contribution in [0.5, 0.6) is 0 Å². The Morgan fingerprint density at radius 2 is 2.00 bits per heavy atom. The van der Waals surface area contributed by atoms with Crippen LogP contribution in [-0.4, -0.2) is 7.11 Å². The summed E-state index contributed by atoms with van der Waals surface area (Å²) in [6.45, 7) is 9.59. The Hall–Kier alpha value is -1.20. The van der Waals surface area contributed by atoms with Gasteiger partial charge in [0.1, 0.15) is 0 Å². The molecular formula is C25H36O. The smallest absolute Gasteiger partial charge is 0.0958 e. The van der Waals surface area contributed by atoms with E-state index in [4.69, 9.17) is 4.74 Å². The van der Waals surface area contributed by atoms with Crippen LogP contribution in [0.3, 0.4) is 0 Å². The van der Waals surface area contributed by atoms with E-state index in [9.17, 15) is 0 Å². The summed E-state index contributed by atoms with van der Waals surface area (Å²) in [6.07, 6.45) is 16.3. The molecule has 26 heavy (non-hydrogen) atoms. The molecule has 142 valence electrons. The Labute approximate surface area is 160 Å². The molecule has 2 saturated carbocycles. The van der Waals surface area contributed by atoms with Gasteiger partial charge in [-0.2, -0.15) is 0 Å². The molecule has 0 amide bonds. The summed E-state index contributed by atoms with van der Waals surface area (Å²) >= 11 is 0. The third kappa shape index (κ3) is 2.50. The monoisotopic (exact) mass is 352 g/mol. The van der Waals surface area contributed by atoms with Gasteiger partial charge in [-0.15, -0.1) is 5.73 Å². The summed E-state index contributed by atoms with van der Waals surface area (Å²) in [5, 5.41) is 0. The van der Waals surface area contributed by atoms with Gasteiger partial charge in [0, 0.05) is 6.42 Å². The second-order valence-corrected chi connectivity index (χ2v) is 9.79. The van der Waals surface area contributed by atoms with Crippen LogP contribution in [-0.2, 0) is 4.74 Å². The summed E-state index contributed by atoms with van der Waals surface area (Å²) < 4.78 is 5.58. The van der Waals surface area contributed by atoms with E-state index in [1.165, 1.54) is 49.9 Å². The predicted molar refractivity (Wildman–Crippen MR) is 109 cm³/mol. The number of fused-ring (bicyclic) bond motifs is 5. The third-order valence-electron chi connectivity index (χ3n) is 8.89. The van der Waals surface area contributed by atoms with E-state index in [1.807, 2.05) is 7.11 Å². The van der Waals surface area contributed by atoms with Crippen molar-refractivity contribution in [3.63, 3.8) is 0 Å². The fraction of sp³-hybridized carbons (Fsp3) is 0.720. The number of methoxy groups -OCH3 is 1. The third-order valence-corrected chi connectivity index (χ3v) is 8.89. The lowest BCUT2D eigenvalue weighted by atomic mass is 9.48. The van der Waals surface area contributed by atoms with Crippen LogP contribution in [0, 0.1) is 34.5 Å². The molecule has 0 bridgehead atoms. The van der Waals surface area contributed by atoms with Crippen molar-refractivity contribution in [3.05, 3.63) is 40.9 Å². The fourth-order valence-corrected chi connectivity index (χ4v) is 7.50. The Morgan fingerprint density at radius 1 is 1.19 bits per heavy atom. The number of allylic oxidation sites excluding steroid dienone is 5. The molecule has 0 N–H and O–H groups in total. The molecule has 4 aliphatic carbocycles. The topological polar surface area (TPSA) is 9.23 Å². The maximum atomic E-state index is 5.58. The molecule has 4 rings (SSSR count). The van der Waals surface area contributed by atoms with Crippen LogP contribution in [0.25, 0.3) is 0 Å². The van der Waals surface area contributed by atoms with Crippen molar-refractivity contribution in [1.29, 1.82) is 0 Å². The summed E-state index contributed by atoms with van der Waals surface area (Å²) in [4.78, 5) is 0. The lowest BCUT2D eigenvalue weighted by Gasteiger charge is -2.57. The van der Waals surface area contributed by atoms with E-state index in [0.29, 0.717) is 10.8 Å². The Bertz CT molecular complexity index is 704. The highest BCUT2D eigenvalue weighted by atomic mass is 16.5. The van der Waals surface area contributed by atoms with Gasteiger partial charge < -0.3 is 4.74 Å². The summed E-state index contributed by atoms with van der Waals surface area (Å²) in [7, 11) is 1.83. The van der Waals surface area contributed by atoms with E-state index >= 15 is 0 Å². The average molecular weight is 353 g/mol. The van der Waals surface area contributed by atoms with E-state index < -0.39 is 0 Å². The first-order chi connectivity index (χ1) is 12.4. The lowest BCUT2D eigenvalue weighted by Crippen LogP contribution is -2.49. The normalized spacial score (nSPS) is 43.9. The Balaban J connectivity index is 1.66. The zero-order chi connectivity index (χ0) is 18.5. The molecule has 0 aromatic rings. The minimum atomic E-state index is 0.374. The first-order valence-electron chi connectivity index (χ1n) is 10.8. The van der Waals surface area contributed by atoms with Crippen LogP contribution < -0.4 is 0 Å². The van der Waals surface area contributed by atoms with Gasteiger partial charge in [0.15, 0.2) is 0 Å². The molecule has 2 fully saturated rings. The molecule has 0 aliphatic heterocycles. The van der Waals surface area contributed by atoms with E-state index in [2.05, 4.69) is 51.7 Å². The molecule has 0 heterocycles. The zero-order valence-corrected chi connectivity index (χ0v) is 17.4. The fourth-order valence-electron chi connectivity index (χ4n) is 7.50. The van der Waals surface area contributed by atoms with Crippen molar-refractivity contribution in [1.82, 2.24) is 0 Å². The summed E-state index contributed by atoms with van der Waals surface area (Å²) in [5.74, 6) is 4.56. The largest absolute Gasteiger partial charge is 0.501 e. The minimum absolute atomic E-state index is 0.374. The van der Waals surface area contributed by atoms with E-state index in [0.717, 1.165) is 30.1 Å². The number of hydrogen-bond donors (Lipinski definition) is 0. The standard InChI is InChI=1S/C25H36O/c1-6-7-17(2)21-10-11-22-20-9-8-18-16-19(26-5)12-14-24(18,3)23(20)13-15-25(21,22)4/h6,8,16,20-23H,9-15H2,1-5H3. The molecule has 0 spiro atoms. The van der Waals surface area contributed by atoms with Gasteiger partial charge in [-0.3, -0.25) is 0 Å². The number of rotatable bonds is 2.